The maximum Gasteiger partial charge on any atom is 0.226 e. The van der Waals surface area contributed by atoms with Crippen molar-refractivity contribution in [2.75, 3.05) is 16.8 Å². The lowest BCUT2D eigenvalue weighted by molar-refractivity contribution is -0.117. The van der Waals surface area contributed by atoms with Crippen LogP contribution in [0.4, 0.5) is 11.4 Å². The molecule has 0 unspecified atom stereocenters. The third-order valence-electron chi connectivity index (χ3n) is 4.14. The second kappa shape index (κ2) is 8.17. The molecule has 0 saturated heterocycles. The summed E-state index contributed by atoms with van der Waals surface area (Å²) in [6.07, 6.45) is 0.207. The van der Waals surface area contributed by atoms with E-state index in [1.54, 1.807) is 17.0 Å². The molecular weight excluding hydrogens is 336 g/mol. The first-order chi connectivity index (χ1) is 11.8. The molecule has 2 aromatic carbocycles. The second-order valence-electron chi connectivity index (χ2n) is 6.17. The van der Waals surface area contributed by atoms with Gasteiger partial charge in [0, 0.05) is 36.3 Å². The van der Waals surface area contributed by atoms with E-state index in [1.165, 1.54) is 6.92 Å². The first-order valence-corrected chi connectivity index (χ1v) is 8.57. The minimum Gasteiger partial charge on any atom is -0.326 e. The Morgan fingerprint density at radius 3 is 2.52 bits per heavy atom. The van der Waals surface area contributed by atoms with Crippen LogP contribution in [0.25, 0.3) is 0 Å². The maximum absolute atomic E-state index is 12.3. The number of nitrogens with one attached hydrogen (secondary N) is 1. The highest BCUT2D eigenvalue weighted by atomic mass is 35.5. The van der Waals surface area contributed by atoms with E-state index in [1.807, 2.05) is 45.0 Å². The molecule has 4 nitrogen and oxygen atoms in total. The molecule has 25 heavy (non-hydrogen) atoms. The second-order valence-corrected chi connectivity index (χ2v) is 6.58. The fraction of sp³-hybridized carbons (Fsp3) is 0.300. The van der Waals surface area contributed by atoms with Gasteiger partial charge in [0.15, 0.2) is 0 Å². The third-order valence-corrected chi connectivity index (χ3v) is 4.55. The van der Waals surface area contributed by atoms with E-state index in [4.69, 9.17) is 11.6 Å². The minimum absolute atomic E-state index is 0.120. The number of amides is 2. The van der Waals surface area contributed by atoms with Crippen molar-refractivity contribution in [1.82, 2.24) is 0 Å². The van der Waals surface area contributed by atoms with Gasteiger partial charge in [-0.2, -0.15) is 0 Å². The van der Waals surface area contributed by atoms with Crippen molar-refractivity contribution < 1.29 is 9.59 Å². The normalized spacial score (nSPS) is 10.4. The number of halogens is 1. The fourth-order valence-electron chi connectivity index (χ4n) is 2.63. The number of nitrogens with zero attached hydrogens (tertiary/aromatic N) is 1. The van der Waals surface area contributed by atoms with Crippen molar-refractivity contribution in [1.29, 1.82) is 0 Å². The number of hydrogen-bond donors (Lipinski definition) is 1. The molecule has 0 spiro atoms. The zero-order chi connectivity index (χ0) is 18.6. The quantitative estimate of drug-likeness (QED) is 0.845. The molecule has 0 aliphatic heterocycles. The van der Waals surface area contributed by atoms with Gasteiger partial charge in [0.2, 0.25) is 11.8 Å². The Hall–Kier alpha value is -2.33. The monoisotopic (exact) mass is 358 g/mol. The first-order valence-electron chi connectivity index (χ1n) is 8.20. The van der Waals surface area contributed by atoms with Gasteiger partial charge in [-0.15, -0.1) is 0 Å². The standard InChI is InChI=1S/C20H23ClN2O2/c1-13-8-9-14(2)18(12-13)22-20(25)10-11-23(16(4)24)19-7-5-6-17(21)15(19)3/h5-9,12H,10-11H2,1-4H3,(H,22,25). The minimum atomic E-state index is -0.125. The molecule has 0 aliphatic rings. The van der Waals surface area contributed by atoms with Crippen LogP contribution < -0.4 is 10.2 Å². The van der Waals surface area contributed by atoms with Gasteiger partial charge in [0.25, 0.3) is 0 Å². The van der Waals surface area contributed by atoms with E-state index in [-0.39, 0.29) is 18.2 Å². The smallest absolute Gasteiger partial charge is 0.226 e. The summed E-state index contributed by atoms with van der Waals surface area (Å²) in [5.41, 5.74) is 4.46. The summed E-state index contributed by atoms with van der Waals surface area (Å²) < 4.78 is 0. The zero-order valence-corrected chi connectivity index (χ0v) is 15.8. The summed E-state index contributed by atoms with van der Waals surface area (Å²) in [6, 6.07) is 11.3. The Labute approximate surface area is 153 Å². The molecule has 0 bridgehead atoms. The Morgan fingerprint density at radius 2 is 1.84 bits per heavy atom. The van der Waals surface area contributed by atoms with Crippen molar-refractivity contribution >= 4 is 34.8 Å². The Bertz CT molecular complexity index is 802. The van der Waals surface area contributed by atoms with Crippen LogP contribution in [0.2, 0.25) is 5.02 Å². The van der Waals surface area contributed by atoms with Crippen molar-refractivity contribution in [3.8, 4) is 0 Å². The van der Waals surface area contributed by atoms with E-state index in [2.05, 4.69) is 5.32 Å². The van der Waals surface area contributed by atoms with Crippen LogP contribution in [0.5, 0.6) is 0 Å². The number of carbonyl (C=O) groups excluding carboxylic acids is 2. The maximum atomic E-state index is 12.3. The van der Waals surface area contributed by atoms with Crippen LogP contribution in [-0.2, 0) is 9.59 Å². The average molecular weight is 359 g/mol. The zero-order valence-electron chi connectivity index (χ0n) is 15.0. The summed E-state index contributed by atoms with van der Waals surface area (Å²) >= 11 is 6.15. The van der Waals surface area contributed by atoms with Crippen molar-refractivity contribution in [2.24, 2.45) is 0 Å². The van der Waals surface area contributed by atoms with Crippen molar-refractivity contribution in [3.63, 3.8) is 0 Å². The largest absolute Gasteiger partial charge is 0.326 e. The van der Waals surface area contributed by atoms with Gasteiger partial charge in [-0.05, 0) is 55.7 Å². The molecule has 0 radical (unpaired) electrons. The lowest BCUT2D eigenvalue weighted by Crippen LogP contribution is -2.32. The number of rotatable bonds is 5. The Kier molecular flexibility index (Phi) is 6.21. The summed E-state index contributed by atoms with van der Waals surface area (Å²) in [7, 11) is 0. The van der Waals surface area contributed by atoms with Crippen LogP contribution in [0.15, 0.2) is 36.4 Å². The van der Waals surface area contributed by atoms with E-state index < -0.39 is 0 Å². The number of benzene rings is 2. The first kappa shape index (κ1) is 19.0. The molecule has 0 heterocycles. The molecular formula is C20H23ClN2O2. The van der Waals surface area contributed by atoms with Crippen LogP contribution in [0.3, 0.4) is 0 Å². The van der Waals surface area contributed by atoms with Crippen molar-refractivity contribution in [3.05, 3.63) is 58.1 Å². The number of carbonyl (C=O) groups is 2. The van der Waals surface area contributed by atoms with Crippen LogP contribution in [0.1, 0.15) is 30.0 Å². The molecule has 1 N–H and O–H groups in total. The number of anilines is 2. The van der Waals surface area contributed by atoms with E-state index in [0.29, 0.717) is 11.6 Å². The van der Waals surface area contributed by atoms with Gasteiger partial charge in [-0.3, -0.25) is 9.59 Å². The Balaban J connectivity index is 2.08. The lowest BCUT2D eigenvalue weighted by Gasteiger charge is -2.23. The molecule has 0 aliphatic carbocycles. The SMILES string of the molecule is CC(=O)N(CCC(=O)Nc1cc(C)ccc1C)c1cccc(Cl)c1C. The molecule has 0 aromatic heterocycles. The summed E-state index contributed by atoms with van der Waals surface area (Å²) in [6.45, 7) is 7.58. The molecule has 2 rings (SSSR count). The molecule has 2 aromatic rings. The average Bonchev–Trinajstić information content (AvgIpc) is 2.54. The lowest BCUT2D eigenvalue weighted by atomic mass is 10.1. The van der Waals surface area contributed by atoms with E-state index in [0.717, 1.165) is 28.1 Å². The topological polar surface area (TPSA) is 49.4 Å². The van der Waals surface area contributed by atoms with Crippen LogP contribution in [0, 0.1) is 20.8 Å². The molecule has 0 atom stereocenters. The number of aryl methyl sites for hydroxylation is 2. The molecule has 0 fully saturated rings. The predicted molar refractivity (Wildman–Crippen MR) is 103 cm³/mol. The van der Waals surface area contributed by atoms with Gasteiger partial charge in [-0.25, -0.2) is 0 Å². The molecule has 0 saturated carbocycles. The van der Waals surface area contributed by atoms with Gasteiger partial charge >= 0.3 is 0 Å². The fourth-order valence-corrected chi connectivity index (χ4v) is 2.80. The highest BCUT2D eigenvalue weighted by Crippen LogP contribution is 2.27. The van der Waals surface area contributed by atoms with Gasteiger partial charge in [0.1, 0.15) is 0 Å². The highest BCUT2D eigenvalue weighted by Gasteiger charge is 2.16. The molecule has 2 amide bonds. The molecule has 5 heteroatoms. The summed E-state index contributed by atoms with van der Waals surface area (Å²) in [5, 5.41) is 3.52. The van der Waals surface area contributed by atoms with Crippen LogP contribution >= 0.6 is 11.6 Å². The highest BCUT2D eigenvalue weighted by molar-refractivity contribution is 6.31. The molecule has 132 valence electrons. The Morgan fingerprint density at radius 1 is 1.12 bits per heavy atom. The van der Waals surface area contributed by atoms with E-state index in [9.17, 15) is 9.59 Å². The van der Waals surface area contributed by atoms with Crippen molar-refractivity contribution in [2.45, 2.75) is 34.1 Å². The summed E-state index contributed by atoms with van der Waals surface area (Å²) in [4.78, 5) is 25.9. The third kappa shape index (κ3) is 4.83. The number of hydrogen-bond acceptors (Lipinski definition) is 2. The van der Waals surface area contributed by atoms with Gasteiger partial charge < -0.3 is 10.2 Å². The van der Waals surface area contributed by atoms with Gasteiger partial charge in [0.05, 0.1) is 0 Å². The predicted octanol–water partition coefficient (Wildman–Crippen LogP) is 4.65. The van der Waals surface area contributed by atoms with Gasteiger partial charge in [-0.1, -0.05) is 29.8 Å². The van der Waals surface area contributed by atoms with E-state index >= 15 is 0 Å². The summed E-state index contributed by atoms with van der Waals surface area (Å²) in [5.74, 6) is -0.246. The van der Waals surface area contributed by atoms with Crippen LogP contribution in [-0.4, -0.2) is 18.4 Å².